The smallest absolute Gasteiger partial charge is 0.196 e. The quantitative estimate of drug-likeness (QED) is 0.767. The van der Waals surface area contributed by atoms with Crippen LogP contribution in [0.15, 0.2) is 39.8 Å². The zero-order chi connectivity index (χ0) is 12.5. The van der Waals surface area contributed by atoms with E-state index in [1.807, 2.05) is 24.3 Å². The number of pyridine rings is 1. The van der Waals surface area contributed by atoms with Gasteiger partial charge in [-0.2, -0.15) is 0 Å². The van der Waals surface area contributed by atoms with E-state index < -0.39 is 0 Å². The van der Waals surface area contributed by atoms with Crippen molar-refractivity contribution in [1.29, 1.82) is 0 Å². The van der Waals surface area contributed by atoms with Gasteiger partial charge < -0.3 is 0 Å². The summed E-state index contributed by atoms with van der Waals surface area (Å²) in [5.74, 6) is 0.269. The van der Waals surface area contributed by atoms with Crippen LogP contribution in [0.5, 0.6) is 0 Å². The molecule has 1 fully saturated rings. The van der Waals surface area contributed by atoms with E-state index in [9.17, 15) is 4.79 Å². The Labute approximate surface area is 118 Å². The van der Waals surface area contributed by atoms with Crippen molar-refractivity contribution in [2.45, 2.75) is 24.2 Å². The topological polar surface area (TPSA) is 30.0 Å². The molecule has 0 atom stereocenters. The van der Waals surface area contributed by atoms with Crippen molar-refractivity contribution in [2.24, 2.45) is 5.92 Å². The molecule has 0 saturated heterocycles. The number of nitrogens with zero attached hydrogens (tertiary/aromatic N) is 1. The number of thioether (sulfide) groups is 1. The molecule has 2 aromatic rings. The van der Waals surface area contributed by atoms with Crippen molar-refractivity contribution < 1.29 is 4.79 Å². The highest BCUT2D eigenvalue weighted by atomic mass is 79.9. The number of carbonyl (C=O) groups excluding carboxylic acids is 1. The van der Waals surface area contributed by atoms with Gasteiger partial charge in [-0.25, -0.2) is 0 Å². The summed E-state index contributed by atoms with van der Waals surface area (Å²) in [6, 6.07) is 7.89. The first-order chi connectivity index (χ1) is 8.74. The lowest BCUT2D eigenvalue weighted by Gasteiger charge is -2.23. The van der Waals surface area contributed by atoms with Gasteiger partial charge >= 0.3 is 0 Å². The minimum absolute atomic E-state index is 0.269. The number of carbonyl (C=O) groups is 1. The average molecular weight is 322 g/mol. The van der Waals surface area contributed by atoms with Crippen LogP contribution in [0.1, 0.15) is 19.3 Å². The van der Waals surface area contributed by atoms with Crippen LogP contribution in [-0.4, -0.2) is 10.1 Å². The first-order valence-corrected chi connectivity index (χ1v) is 7.61. The lowest BCUT2D eigenvalue weighted by atomic mass is 9.87. The second-order valence-corrected chi connectivity index (χ2v) is 6.48. The first-order valence-electron chi connectivity index (χ1n) is 6.00. The van der Waals surface area contributed by atoms with E-state index in [2.05, 4.69) is 20.9 Å². The van der Waals surface area contributed by atoms with Gasteiger partial charge in [0.25, 0.3) is 0 Å². The third-order valence-electron chi connectivity index (χ3n) is 3.31. The highest BCUT2D eigenvalue weighted by Gasteiger charge is 2.26. The van der Waals surface area contributed by atoms with Gasteiger partial charge in [-0.05, 0) is 37.1 Å². The number of halogens is 1. The van der Waals surface area contributed by atoms with Crippen molar-refractivity contribution >= 4 is 43.7 Å². The van der Waals surface area contributed by atoms with E-state index in [1.165, 1.54) is 18.2 Å². The Hall–Kier alpha value is -0.870. The minimum Gasteiger partial charge on any atom is -0.287 e. The maximum atomic E-state index is 12.1. The van der Waals surface area contributed by atoms with Gasteiger partial charge in [0.15, 0.2) is 5.12 Å². The maximum absolute atomic E-state index is 12.1. The number of rotatable bonds is 2. The molecule has 0 spiro atoms. The van der Waals surface area contributed by atoms with Gasteiger partial charge in [0.05, 0.1) is 5.52 Å². The molecule has 1 aliphatic carbocycles. The normalized spacial score (nSPS) is 15.6. The highest BCUT2D eigenvalue weighted by Crippen LogP contribution is 2.36. The van der Waals surface area contributed by atoms with Crippen molar-refractivity contribution in [3.05, 3.63) is 34.9 Å². The second kappa shape index (κ2) is 5.02. The second-order valence-electron chi connectivity index (χ2n) is 4.52. The van der Waals surface area contributed by atoms with Crippen LogP contribution in [0.4, 0.5) is 0 Å². The molecule has 3 rings (SSSR count). The molecule has 0 amide bonds. The van der Waals surface area contributed by atoms with Crippen molar-refractivity contribution in [3.63, 3.8) is 0 Å². The average Bonchev–Trinajstić information content (AvgIpc) is 2.27. The van der Waals surface area contributed by atoms with E-state index >= 15 is 0 Å². The van der Waals surface area contributed by atoms with Crippen LogP contribution in [-0.2, 0) is 4.79 Å². The van der Waals surface area contributed by atoms with Crippen LogP contribution in [0.2, 0.25) is 0 Å². The standard InChI is InChI=1S/C14H12BrNOS/c15-10-4-5-12-11(8-10)13(6-7-16-12)18-14(17)9-2-1-3-9/h4-9H,1-3H2. The van der Waals surface area contributed by atoms with E-state index in [-0.39, 0.29) is 5.92 Å². The molecule has 1 aromatic carbocycles. The number of hydrogen-bond donors (Lipinski definition) is 0. The van der Waals surface area contributed by atoms with E-state index in [1.54, 1.807) is 6.20 Å². The third-order valence-corrected chi connectivity index (χ3v) is 4.92. The Kier molecular flexibility index (Phi) is 3.39. The van der Waals surface area contributed by atoms with Crippen molar-refractivity contribution in [3.8, 4) is 0 Å². The summed E-state index contributed by atoms with van der Waals surface area (Å²) in [6.45, 7) is 0. The van der Waals surface area contributed by atoms with Crippen molar-refractivity contribution in [1.82, 2.24) is 4.98 Å². The Balaban J connectivity index is 1.95. The molecule has 0 radical (unpaired) electrons. The fraction of sp³-hybridized carbons (Fsp3) is 0.286. The fourth-order valence-corrected chi connectivity index (χ4v) is 3.40. The minimum atomic E-state index is 0.269. The van der Waals surface area contributed by atoms with Gasteiger partial charge in [-0.15, -0.1) is 0 Å². The Morgan fingerprint density at radius 3 is 2.89 bits per heavy atom. The Morgan fingerprint density at radius 2 is 2.17 bits per heavy atom. The van der Waals surface area contributed by atoms with Crippen LogP contribution in [0.25, 0.3) is 10.9 Å². The molecule has 18 heavy (non-hydrogen) atoms. The lowest BCUT2D eigenvalue weighted by molar-refractivity contribution is -0.116. The molecular weight excluding hydrogens is 310 g/mol. The molecule has 0 unspecified atom stereocenters. The van der Waals surface area contributed by atoms with Crippen LogP contribution < -0.4 is 0 Å². The van der Waals surface area contributed by atoms with Crippen LogP contribution in [0.3, 0.4) is 0 Å². The molecule has 0 bridgehead atoms. The number of aromatic nitrogens is 1. The van der Waals surface area contributed by atoms with E-state index in [4.69, 9.17) is 0 Å². The summed E-state index contributed by atoms with van der Waals surface area (Å²) in [6.07, 6.45) is 5.07. The highest BCUT2D eigenvalue weighted by molar-refractivity contribution is 9.10. The third kappa shape index (κ3) is 2.31. The fourth-order valence-electron chi connectivity index (χ4n) is 2.02. The predicted molar refractivity (Wildman–Crippen MR) is 77.6 cm³/mol. The summed E-state index contributed by atoms with van der Waals surface area (Å²) in [4.78, 5) is 17.4. The largest absolute Gasteiger partial charge is 0.287 e. The van der Waals surface area contributed by atoms with Gasteiger partial charge in [-0.3, -0.25) is 9.78 Å². The van der Waals surface area contributed by atoms with Gasteiger partial charge in [0.2, 0.25) is 0 Å². The number of benzene rings is 1. The molecule has 1 aromatic heterocycles. The summed E-state index contributed by atoms with van der Waals surface area (Å²) < 4.78 is 1.01. The van der Waals surface area contributed by atoms with E-state index in [0.29, 0.717) is 5.12 Å². The predicted octanol–water partition coefficient (Wildman–Crippen LogP) is 4.42. The molecule has 1 saturated carbocycles. The first kappa shape index (κ1) is 12.2. The van der Waals surface area contributed by atoms with Gasteiger partial charge in [-0.1, -0.05) is 34.1 Å². The monoisotopic (exact) mass is 321 g/mol. The molecule has 92 valence electrons. The summed E-state index contributed by atoms with van der Waals surface area (Å²) in [5.41, 5.74) is 0.935. The molecule has 0 aliphatic heterocycles. The molecular formula is C14H12BrNOS. The molecule has 0 N–H and O–H groups in total. The Morgan fingerprint density at radius 1 is 1.33 bits per heavy atom. The lowest BCUT2D eigenvalue weighted by Crippen LogP contribution is -2.18. The molecule has 2 nitrogen and oxygen atoms in total. The zero-order valence-corrected chi connectivity index (χ0v) is 12.1. The van der Waals surface area contributed by atoms with Crippen LogP contribution in [0, 0.1) is 5.92 Å². The van der Waals surface area contributed by atoms with Gasteiger partial charge in [0.1, 0.15) is 0 Å². The summed E-state index contributed by atoms with van der Waals surface area (Å²) in [7, 11) is 0. The number of fused-ring (bicyclic) bond motifs is 1. The van der Waals surface area contributed by atoms with Gasteiger partial charge in [0, 0.05) is 26.9 Å². The number of hydrogen-bond acceptors (Lipinski definition) is 3. The van der Waals surface area contributed by atoms with Crippen LogP contribution >= 0.6 is 27.7 Å². The SMILES string of the molecule is O=C(Sc1ccnc2ccc(Br)cc12)C1CCC1. The molecule has 1 aliphatic rings. The van der Waals surface area contributed by atoms with E-state index in [0.717, 1.165) is 33.1 Å². The molecule has 1 heterocycles. The summed E-state index contributed by atoms with van der Waals surface area (Å²) in [5, 5.41) is 1.35. The zero-order valence-electron chi connectivity index (χ0n) is 9.73. The van der Waals surface area contributed by atoms with Crippen molar-refractivity contribution in [2.75, 3.05) is 0 Å². The Bertz CT molecular complexity index is 610. The molecule has 4 heteroatoms. The maximum Gasteiger partial charge on any atom is 0.196 e. The summed E-state index contributed by atoms with van der Waals surface area (Å²) >= 11 is 4.83.